The zero-order valence-corrected chi connectivity index (χ0v) is 21.5. The Kier molecular flexibility index (Phi) is 9.75. The third-order valence-electron chi connectivity index (χ3n) is 6.65. The Bertz CT molecular complexity index is 1020. The number of benzene rings is 2. The molecule has 1 aromatic heterocycles. The van der Waals surface area contributed by atoms with Crippen molar-refractivity contribution in [3.63, 3.8) is 0 Å². The molecule has 1 amide bonds. The van der Waals surface area contributed by atoms with Crippen molar-refractivity contribution in [2.24, 2.45) is 0 Å². The van der Waals surface area contributed by atoms with E-state index >= 15 is 0 Å². The van der Waals surface area contributed by atoms with Crippen molar-refractivity contribution in [1.29, 1.82) is 0 Å². The van der Waals surface area contributed by atoms with Crippen LogP contribution >= 0.6 is 11.3 Å². The highest BCUT2D eigenvalue weighted by Crippen LogP contribution is 2.30. The molecule has 186 valence electrons. The van der Waals surface area contributed by atoms with E-state index in [-0.39, 0.29) is 12.0 Å². The molecule has 1 atom stereocenters. The van der Waals surface area contributed by atoms with E-state index in [9.17, 15) is 4.79 Å². The molecule has 4 rings (SSSR count). The number of amides is 1. The SMILES string of the molecule is CNCCC(Oc1ccccc1CCC(=O)N1CCN(CCc2ccccc2)CC1)c1cccs1. The van der Waals surface area contributed by atoms with Gasteiger partial charge >= 0.3 is 0 Å². The Balaban J connectivity index is 1.26. The van der Waals surface area contributed by atoms with E-state index < -0.39 is 0 Å². The van der Waals surface area contributed by atoms with Gasteiger partial charge in [0, 0.05) is 50.4 Å². The molecule has 0 saturated carbocycles. The van der Waals surface area contributed by atoms with Crippen molar-refractivity contribution >= 4 is 17.2 Å². The average molecular weight is 492 g/mol. The highest BCUT2D eigenvalue weighted by molar-refractivity contribution is 7.10. The number of rotatable bonds is 12. The number of hydrogen-bond acceptors (Lipinski definition) is 5. The summed E-state index contributed by atoms with van der Waals surface area (Å²) in [6, 6.07) is 23.0. The van der Waals surface area contributed by atoms with Crippen molar-refractivity contribution in [2.45, 2.75) is 31.8 Å². The van der Waals surface area contributed by atoms with Crippen molar-refractivity contribution in [3.05, 3.63) is 88.1 Å². The Morgan fingerprint density at radius 3 is 2.49 bits per heavy atom. The van der Waals surface area contributed by atoms with E-state index in [4.69, 9.17) is 4.74 Å². The van der Waals surface area contributed by atoms with Gasteiger partial charge in [-0.15, -0.1) is 11.3 Å². The van der Waals surface area contributed by atoms with Crippen LogP contribution < -0.4 is 10.1 Å². The number of nitrogens with zero attached hydrogens (tertiary/aromatic N) is 2. The summed E-state index contributed by atoms with van der Waals surface area (Å²) in [5.41, 5.74) is 2.48. The Labute approximate surface area is 213 Å². The van der Waals surface area contributed by atoms with Crippen LogP contribution in [0, 0.1) is 0 Å². The smallest absolute Gasteiger partial charge is 0.222 e. The van der Waals surface area contributed by atoms with Gasteiger partial charge < -0.3 is 15.0 Å². The third-order valence-corrected chi connectivity index (χ3v) is 7.62. The van der Waals surface area contributed by atoms with Gasteiger partial charge in [-0.2, -0.15) is 0 Å². The van der Waals surface area contributed by atoms with Gasteiger partial charge in [0.25, 0.3) is 0 Å². The Morgan fingerprint density at radius 2 is 1.74 bits per heavy atom. The fourth-order valence-electron chi connectivity index (χ4n) is 4.54. The lowest BCUT2D eigenvalue weighted by Crippen LogP contribution is -2.49. The number of thiophene rings is 1. The monoisotopic (exact) mass is 491 g/mol. The maximum atomic E-state index is 13.0. The number of para-hydroxylation sites is 1. The first-order valence-corrected chi connectivity index (χ1v) is 13.6. The number of piperazine rings is 1. The summed E-state index contributed by atoms with van der Waals surface area (Å²) in [4.78, 5) is 18.7. The maximum absolute atomic E-state index is 13.0. The van der Waals surface area contributed by atoms with Crippen molar-refractivity contribution in [3.8, 4) is 5.75 Å². The molecule has 0 bridgehead atoms. The van der Waals surface area contributed by atoms with Crippen LogP contribution in [0.4, 0.5) is 0 Å². The van der Waals surface area contributed by atoms with E-state index in [1.165, 1.54) is 10.4 Å². The van der Waals surface area contributed by atoms with Crippen molar-refractivity contribution in [2.75, 3.05) is 46.3 Å². The minimum Gasteiger partial charge on any atom is -0.485 e. The number of nitrogens with one attached hydrogen (secondary N) is 1. The summed E-state index contributed by atoms with van der Waals surface area (Å²) >= 11 is 1.73. The fraction of sp³-hybridized carbons (Fsp3) is 0.414. The number of carbonyl (C=O) groups is 1. The molecular formula is C29H37N3O2S. The lowest BCUT2D eigenvalue weighted by atomic mass is 10.1. The van der Waals surface area contributed by atoms with Crippen LogP contribution in [0.2, 0.25) is 0 Å². The van der Waals surface area contributed by atoms with Crippen molar-refractivity contribution in [1.82, 2.24) is 15.1 Å². The molecule has 2 aromatic carbocycles. The van der Waals surface area contributed by atoms with Gasteiger partial charge in [0.05, 0.1) is 0 Å². The summed E-state index contributed by atoms with van der Waals surface area (Å²) in [7, 11) is 1.97. The summed E-state index contributed by atoms with van der Waals surface area (Å²) < 4.78 is 6.49. The molecule has 1 N–H and O–H groups in total. The predicted octanol–water partition coefficient (Wildman–Crippen LogP) is 4.80. The Morgan fingerprint density at radius 1 is 0.971 bits per heavy atom. The van der Waals surface area contributed by atoms with Crippen molar-refractivity contribution < 1.29 is 9.53 Å². The number of hydrogen-bond donors (Lipinski definition) is 1. The second kappa shape index (κ2) is 13.4. The second-order valence-corrected chi connectivity index (χ2v) is 10.1. The highest BCUT2D eigenvalue weighted by atomic mass is 32.1. The van der Waals surface area contributed by atoms with E-state index in [1.807, 2.05) is 30.1 Å². The molecule has 3 aromatic rings. The summed E-state index contributed by atoms with van der Waals surface area (Å²) in [5, 5.41) is 5.32. The summed E-state index contributed by atoms with van der Waals surface area (Å²) in [5.74, 6) is 1.13. The van der Waals surface area contributed by atoms with Crippen LogP contribution in [0.25, 0.3) is 0 Å². The number of aryl methyl sites for hydroxylation is 1. The molecule has 5 nitrogen and oxygen atoms in total. The molecule has 0 aliphatic carbocycles. The topological polar surface area (TPSA) is 44.8 Å². The van der Waals surface area contributed by atoms with E-state index in [2.05, 4.69) is 64.1 Å². The zero-order valence-electron chi connectivity index (χ0n) is 20.7. The van der Waals surface area contributed by atoms with Crippen LogP contribution in [0.3, 0.4) is 0 Å². The number of ether oxygens (including phenoxy) is 1. The molecule has 1 aliphatic rings. The minimum absolute atomic E-state index is 0.0169. The lowest BCUT2D eigenvalue weighted by molar-refractivity contribution is -0.132. The lowest BCUT2D eigenvalue weighted by Gasteiger charge is -2.35. The van der Waals surface area contributed by atoms with Crippen LogP contribution in [0.15, 0.2) is 72.1 Å². The first-order valence-electron chi connectivity index (χ1n) is 12.7. The standard InChI is InChI=1S/C29H37N3O2S/c1-30-17-15-27(28-12-7-23-35-28)34-26-11-6-5-10-25(26)13-14-29(33)32-21-19-31(20-22-32)18-16-24-8-3-2-4-9-24/h2-12,23,27,30H,13-22H2,1H3. The first-order chi connectivity index (χ1) is 17.2. The predicted molar refractivity (Wildman–Crippen MR) is 144 cm³/mol. The third kappa shape index (κ3) is 7.66. The molecule has 6 heteroatoms. The van der Waals surface area contributed by atoms with Gasteiger partial charge in [0.2, 0.25) is 5.91 Å². The second-order valence-electron chi connectivity index (χ2n) is 9.08. The zero-order chi connectivity index (χ0) is 24.3. The van der Waals surface area contributed by atoms with Crippen LogP contribution in [-0.4, -0.2) is 62.0 Å². The van der Waals surface area contributed by atoms with E-state index in [1.54, 1.807) is 11.3 Å². The fourth-order valence-corrected chi connectivity index (χ4v) is 5.33. The molecule has 1 fully saturated rings. The quantitative estimate of drug-likeness (QED) is 0.395. The van der Waals surface area contributed by atoms with Gasteiger partial charge in [-0.05, 0) is 55.1 Å². The molecule has 1 aliphatic heterocycles. The van der Waals surface area contributed by atoms with Gasteiger partial charge in [-0.25, -0.2) is 0 Å². The molecule has 35 heavy (non-hydrogen) atoms. The van der Waals surface area contributed by atoms with Crippen LogP contribution in [0.5, 0.6) is 5.75 Å². The molecule has 1 unspecified atom stereocenters. The normalized spacial score (nSPS) is 15.2. The maximum Gasteiger partial charge on any atom is 0.222 e. The molecule has 1 saturated heterocycles. The van der Waals surface area contributed by atoms with Gasteiger partial charge in [-0.3, -0.25) is 9.69 Å². The van der Waals surface area contributed by atoms with E-state index in [0.29, 0.717) is 12.8 Å². The molecule has 0 spiro atoms. The first kappa shape index (κ1) is 25.4. The molecular weight excluding hydrogens is 454 g/mol. The average Bonchev–Trinajstić information content (AvgIpc) is 3.45. The largest absolute Gasteiger partial charge is 0.485 e. The van der Waals surface area contributed by atoms with E-state index in [0.717, 1.165) is 63.4 Å². The highest BCUT2D eigenvalue weighted by Gasteiger charge is 2.22. The minimum atomic E-state index is 0.0169. The van der Waals surface area contributed by atoms with Crippen LogP contribution in [-0.2, 0) is 17.6 Å². The molecule has 0 radical (unpaired) electrons. The van der Waals surface area contributed by atoms with Gasteiger partial charge in [-0.1, -0.05) is 54.6 Å². The summed E-state index contributed by atoms with van der Waals surface area (Å²) in [6.45, 7) is 5.47. The number of carbonyl (C=O) groups excluding carboxylic acids is 1. The van der Waals surface area contributed by atoms with Gasteiger partial charge in [0.15, 0.2) is 0 Å². The summed E-state index contributed by atoms with van der Waals surface area (Å²) in [6.07, 6.45) is 3.20. The molecule has 2 heterocycles. The van der Waals surface area contributed by atoms with Crippen LogP contribution in [0.1, 0.15) is 34.9 Å². The van der Waals surface area contributed by atoms with Gasteiger partial charge in [0.1, 0.15) is 11.9 Å². The Hall–Kier alpha value is -2.67.